The van der Waals surface area contributed by atoms with Crippen molar-refractivity contribution in [3.8, 4) is 5.75 Å². The highest BCUT2D eigenvalue weighted by molar-refractivity contribution is 5.67. The average Bonchev–Trinajstić information content (AvgIpc) is 2.20. The van der Waals surface area contributed by atoms with Crippen LogP contribution in [0.4, 0.5) is 0 Å². The molecule has 1 rings (SSSR count). The lowest BCUT2D eigenvalue weighted by molar-refractivity contribution is -0.137. The molecule has 0 saturated carbocycles. The van der Waals surface area contributed by atoms with E-state index in [4.69, 9.17) is 15.6 Å². The zero-order chi connectivity index (χ0) is 12.0. The first kappa shape index (κ1) is 12.5. The zero-order valence-corrected chi connectivity index (χ0v) is 9.35. The van der Waals surface area contributed by atoms with E-state index in [1.807, 2.05) is 31.2 Å². The summed E-state index contributed by atoms with van der Waals surface area (Å²) in [5, 5.41) is 8.58. The van der Waals surface area contributed by atoms with Crippen molar-refractivity contribution >= 4 is 5.97 Å². The minimum atomic E-state index is -0.863. The maximum atomic E-state index is 10.4. The van der Waals surface area contributed by atoms with Crippen molar-refractivity contribution in [3.63, 3.8) is 0 Å². The summed E-state index contributed by atoms with van der Waals surface area (Å²) >= 11 is 0. The summed E-state index contributed by atoms with van der Waals surface area (Å²) in [7, 11) is 0. The highest BCUT2D eigenvalue weighted by Gasteiger charge is 2.08. The number of nitrogens with two attached hydrogens (primary N) is 1. The molecule has 0 bridgehead atoms. The second-order valence-electron chi connectivity index (χ2n) is 3.64. The number of carbonyl (C=O) groups is 1. The first-order chi connectivity index (χ1) is 7.61. The van der Waals surface area contributed by atoms with Gasteiger partial charge in [-0.05, 0) is 31.0 Å². The highest BCUT2D eigenvalue weighted by atomic mass is 16.5. The lowest BCUT2D eigenvalue weighted by atomic mass is 10.0. The SMILES string of the molecule is CCOc1ccc(CC(N)CC(=O)O)cc1. The molecular weight excluding hydrogens is 206 g/mol. The minimum Gasteiger partial charge on any atom is -0.494 e. The molecule has 0 radical (unpaired) electrons. The Kier molecular flexibility index (Phi) is 4.79. The molecule has 3 N–H and O–H groups in total. The molecule has 4 nitrogen and oxygen atoms in total. The summed E-state index contributed by atoms with van der Waals surface area (Å²) in [5.41, 5.74) is 6.72. The molecule has 0 saturated heterocycles. The molecule has 0 aliphatic carbocycles. The molecule has 1 unspecified atom stereocenters. The number of ether oxygens (including phenoxy) is 1. The van der Waals surface area contributed by atoms with Crippen LogP contribution in [0.25, 0.3) is 0 Å². The number of carboxylic acids is 1. The monoisotopic (exact) mass is 223 g/mol. The third-order valence-corrected chi connectivity index (χ3v) is 2.17. The molecular formula is C12H17NO3. The summed E-state index contributed by atoms with van der Waals surface area (Å²) in [6.45, 7) is 2.56. The normalized spacial score (nSPS) is 12.1. The molecule has 0 aliphatic rings. The average molecular weight is 223 g/mol. The quantitative estimate of drug-likeness (QED) is 0.765. The van der Waals surface area contributed by atoms with Crippen LogP contribution in [0, 0.1) is 0 Å². The Morgan fingerprint density at radius 3 is 2.56 bits per heavy atom. The molecule has 0 amide bonds. The van der Waals surface area contributed by atoms with Gasteiger partial charge in [0.05, 0.1) is 13.0 Å². The van der Waals surface area contributed by atoms with Crippen molar-refractivity contribution in [3.05, 3.63) is 29.8 Å². The molecule has 1 atom stereocenters. The molecule has 0 fully saturated rings. The molecule has 1 aromatic carbocycles. The van der Waals surface area contributed by atoms with E-state index in [2.05, 4.69) is 0 Å². The number of carboxylic acid groups (broad SMARTS) is 1. The maximum absolute atomic E-state index is 10.4. The van der Waals surface area contributed by atoms with E-state index in [-0.39, 0.29) is 12.5 Å². The van der Waals surface area contributed by atoms with Crippen molar-refractivity contribution in [2.24, 2.45) is 5.73 Å². The van der Waals surface area contributed by atoms with Gasteiger partial charge in [-0.15, -0.1) is 0 Å². The van der Waals surface area contributed by atoms with Gasteiger partial charge in [0.15, 0.2) is 0 Å². The summed E-state index contributed by atoms with van der Waals surface area (Å²) in [4.78, 5) is 10.4. The van der Waals surface area contributed by atoms with Gasteiger partial charge in [-0.1, -0.05) is 12.1 Å². The summed E-state index contributed by atoms with van der Waals surface area (Å²) in [6.07, 6.45) is 0.561. The number of benzene rings is 1. The van der Waals surface area contributed by atoms with E-state index < -0.39 is 5.97 Å². The van der Waals surface area contributed by atoms with Gasteiger partial charge in [-0.25, -0.2) is 0 Å². The Balaban J connectivity index is 2.51. The zero-order valence-electron chi connectivity index (χ0n) is 9.35. The Bertz CT molecular complexity index is 335. The summed E-state index contributed by atoms with van der Waals surface area (Å²) in [6, 6.07) is 7.22. The molecule has 16 heavy (non-hydrogen) atoms. The van der Waals surface area contributed by atoms with Crippen LogP contribution in [0.5, 0.6) is 5.75 Å². The van der Waals surface area contributed by atoms with Crippen LogP contribution in [-0.2, 0) is 11.2 Å². The van der Waals surface area contributed by atoms with Gasteiger partial charge in [0.1, 0.15) is 5.75 Å². The second-order valence-corrected chi connectivity index (χ2v) is 3.64. The number of hydrogen-bond acceptors (Lipinski definition) is 3. The molecule has 0 aromatic heterocycles. The third-order valence-electron chi connectivity index (χ3n) is 2.17. The van der Waals surface area contributed by atoms with Gasteiger partial charge >= 0.3 is 5.97 Å². The summed E-state index contributed by atoms with van der Waals surface area (Å²) in [5.74, 6) is -0.0449. The van der Waals surface area contributed by atoms with Crippen LogP contribution in [0.2, 0.25) is 0 Å². The van der Waals surface area contributed by atoms with Crippen LogP contribution in [0.1, 0.15) is 18.9 Å². The van der Waals surface area contributed by atoms with Gasteiger partial charge in [0.2, 0.25) is 0 Å². The van der Waals surface area contributed by atoms with Crippen LogP contribution in [0.3, 0.4) is 0 Å². The van der Waals surface area contributed by atoms with Crippen molar-refractivity contribution in [1.29, 1.82) is 0 Å². The van der Waals surface area contributed by atoms with Crippen LogP contribution >= 0.6 is 0 Å². The maximum Gasteiger partial charge on any atom is 0.304 e. The molecule has 0 heterocycles. The lowest BCUT2D eigenvalue weighted by Gasteiger charge is -2.09. The highest BCUT2D eigenvalue weighted by Crippen LogP contribution is 2.13. The van der Waals surface area contributed by atoms with Gasteiger partial charge in [0.25, 0.3) is 0 Å². The Morgan fingerprint density at radius 2 is 2.06 bits per heavy atom. The third kappa shape index (κ3) is 4.31. The van der Waals surface area contributed by atoms with Gasteiger partial charge in [0, 0.05) is 6.04 Å². The first-order valence-electron chi connectivity index (χ1n) is 5.31. The van der Waals surface area contributed by atoms with E-state index in [0.717, 1.165) is 11.3 Å². The van der Waals surface area contributed by atoms with E-state index in [1.54, 1.807) is 0 Å². The van der Waals surface area contributed by atoms with Gasteiger partial charge in [-0.2, -0.15) is 0 Å². The van der Waals surface area contributed by atoms with Gasteiger partial charge in [-0.3, -0.25) is 4.79 Å². The first-order valence-corrected chi connectivity index (χ1v) is 5.31. The fourth-order valence-electron chi connectivity index (χ4n) is 1.49. The van der Waals surface area contributed by atoms with Crippen LogP contribution in [0.15, 0.2) is 24.3 Å². The fraction of sp³-hybridized carbons (Fsp3) is 0.417. The smallest absolute Gasteiger partial charge is 0.304 e. The van der Waals surface area contributed by atoms with E-state index >= 15 is 0 Å². The molecule has 1 aromatic rings. The van der Waals surface area contributed by atoms with E-state index in [1.165, 1.54) is 0 Å². The molecule has 0 aliphatic heterocycles. The number of aliphatic carboxylic acids is 1. The predicted octanol–water partition coefficient (Wildman–Crippen LogP) is 1.43. The van der Waals surface area contributed by atoms with Crippen molar-refractivity contribution in [2.45, 2.75) is 25.8 Å². The molecule has 4 heteroatoms. The van der Waals surface area contributed by atoms with Crippen molar-refractivity contribution < 1.29 is 14.6 Å². The molecule has 0 spiro atoms. The lowest BCUT2D eigenvalue weighted by Crippen LogP contribution is -2.26. The minimum absolute atomic E-state index is 0.00673. The largest absolute Gasteiger partial charge is 0.494 e. The summed E-state index contributed by atoms with van der Waals surface area (Å²) < 4.78 is 5.31. The molecule has 88 valence electrons. The Labute approximate surface area is 95.0 Å². The standard InChI is InChI=1S/C12H17NO3/c1-2-16-11-5-3-9(4-6-11)7-10(13)8-12(14)15/h3-6,10H,2,7-8,13H2,1H3,(H,14,15). The second kappa shape index (κ2) is 6.12. The van der Waals surface area contributed by atoms with E-state index in [0.29, 0.717) is 13.0 Å². The van der Waals surface area contributed by atoms with Crippen molar-refractivity contribution in [1.82, 2.24) is 0 Å². The van der Waals surface area contributed by atoms with E-state index in [9.17, 15) is 4.79 Å². The van der Waals surface area contributed by atoms with Gasteiger partial charge < -0.3 is 15.6 Å². The number of rotatable bonds is 6. The topological polar surface area (TPSA) is 72.5 Å². The van der Waals surface area contributed by atoms with Crippen LogP contribution < -0.4 is 10.5 Å². The van der Waals surface area contributed by atoms with Crippen LogP contribution in [-0.4, -0.2) is 23.7 Å². The predicted molar refractivity (Wildman–Crippen MR) is 61.5 cm³/mol. The van der Waals surface area contributed by atoms with Crippen molar-refractivity contribution in [2.75, 3.05) is 6.61 Å². The number of hydrogen-bond donors (Lipinski definition) is 2. The Morgan fingerprint density at radius 1 is 1.44 bits per heavy atom. The fourth-order valence-corrected chi connectivity index (χ4v) is 1.49. The Hall–Kier alpha value is -1.55.